The van der Waals surface area contributed by atoms with E-state index in [0.717, 1.165) is 22.4 Å². The van der Waals surface area contributed by atoms with E-state index in [4.69, 9.17) is 16.3 Å². The van der Waals surface area contributed by atoms with Crippen LogP contribution in [-0.4, -0.2) is 29.8 Å². The molecular weight excluding hydrogens is 392 g/mol. The van der Waals surface area contributed by atoms with Crippen LogP contribution in [-0.2, 0) is 13.7 Å². The van der Waals surface area contributed by atoms with E-state index < -0.39 is 0 Å². The van der Waals surface area contributed by atoms with Crippen LogP contribution >= 0.6 is 11.6 Å². The first-order chi connectivity index (χ1) is 14.0. The van der Waals surface area contributed by atoms with Crippen molar-refractivity contribution in [3.8, 4) is 23.0 Å². The molecule has 0 fully saturated rings. The number of aryl methyl sites for hydroxylation is 2. The summed E-state index contributed by atoms with van der Waals surface area (Å²) in [5, 5.41) is 8.36. The molecule has 0 saturated carbocycles. The van der Waals surface area contributed by atoms with Gasteiger partial charge in [0.05, 0.1) is 11.4 Å². The number of nitrogens with zero attached hydrogens (tertiary/aromatic N) is 6. The Morgan fingerprint density at radius 1 is 1.07 bits per heavy atom. The largest absolute Gasteiger partial charge is 0.458 e. The van der Waals surface area contributed by atoms with Gasteiger partial charge in [-0.15, -0.1) is 0 Å². The third-order valence-electron chi connectivity index (χ3n) is 4.45. The van der Waals surface area contributed by atoms with Gasteiger partial charge >= 0.3 is 11.7 Å². The molecule has 0 radical (unpaired) electrons. The summed E-state index contributed by atoms with van der Waals surface area (Å²) in [6.07, 6.45) is 1.64. The standard InChI is InChI=1S/C20H17ClN6O2/c1-13-4-3-5-18(27-20(28)26(2)24-25-27)16(13)12-29-19-22-11-10-17(23-19)14-6-8-15(21)9-7-14/h3-11H,12H2,1-2H3. The zero-order chi connectivity index (χ0) is 20.4. The number of ether oxygens (including phenoxy) is 1. The van der Waals surface area contributed by atoms with E-state index in [1.165, 1.54) is 9.36 Å². The van der Waals surface area contributed by atoms with Crippen LogP contribution in [0.15, 0.2) is 59.5 Å². The molecule has 146 valence electrons. The highest BCUT2D eigenvalue weighted by molar-refractivity contribution is 6.30. The average Bonchev–Trinajstić information content (AvgIpc) is 3.06. The number of halogens is 1. The average molecular weight is 409 g/mol. The molecule has 2 aromatic carbocycles. The van der Waals surface area contributed by atoms with E-state index in [2.05, 4.69) is 20.4 Å². The summed E-state index contributed by atoms with van der Waals surface area (Å²) in [6, 6.07) is 15.0. The first-order valence-electron chi connectivity index (χ1n) is 8.82. The smallest absolute Gasteiger partial charge is 0.368 e. The van der Waals surface area contributed by atoms with Crippen molar-refractivity contribution in [1.82, 2.24) is 29.8 Å². The van der Waals surface area contributed by atoms with Gasteiger partial charge in [-0.05, 0) is 47.2 Å². The fourth-order valence-electron chi connectivity index (χ4n) is 2.87. The Hall–Kier alpha value is -3.52. The van der Waals surface area contributed by atoms with Crippen molar-refractivity contribution in [3.63, 3.8) is 0 Å². The lowest BCUT2D eigenvalue weighted by Gasteiger charge is -2.12. The summed E-state index contributed by atoms with van der Waals surface area (Å²) >= 11 is 5.95. The van der Waals surface area contributed by atoms with Gasteiger partial charge in [0.2, 0.25) is 0 Å². The number of hydrogen-bond acceptors (Lipinski definition) is 6. The topological polar surface area (TPSA) is 87.7 Å². The number of hydrogen-bond donors (Lipinski definition) is 0. The monoisotopic (exact) mass is 408 g/mol. The molecule has 2 aromatic heterocycles. The molecule has 0 aliphatic heterocycles. The number of rotatable bonds is 5. The predicted molar refractivity (Wildman–Crippen MR) is 108 cm³/mol. The fraction of sp³-hybridized carbons (Fsp3) is 0.150. The molecule has 2 heterocycles. The van der Waals surface area contributed by atoms with Gasteiger partial charge < -0.3 is 4.74 Å². The minimum absolute atomic E-state index is 0.176. The third-order valence-corrected chi connectivity index (χ3v) is 4.71. The van der Waals surface area contributed by atoms with Crippen molar-refractivity contribution in [3.05, 3.63) is 81.4 Å². The Balaban J connectivity index is 1.62. The highest BCUT2D eigenvalue weighted by atomic mass is 35.5. The molecule has 0 bridgehead atoms. The molecule has 0 atom stereocenters. The van der Waals surface area contributed by atoms with Crippen LogP contribution in [0.1, 0.15) is 11.1 Å². The van der Waals surface area contributed by atoms with E-state index in [-0.39, 0.29) is 18.3 Å². The Morgan fingerprint density at radius 3 is 2.59 bits per heavy atom. The highest BCUT2D eigenvalue weighted by Crippen LogP contribution is 2.22. The maximum atomic E-state index is 12.3. The molecule has 0 saturated heterocycles. The van der Waals surface area contributed by atoms with E-state index in [1.54, 1.807) is 37.5 Å². The lowest BCUT2D eigenvalue weighted by molar-refractivity contribution is 0.280. The molecule has 0 spiro atoms. The Labute approximate surface area is 171 Å². The Kier molecular flexibility index (Phi) is 5.09. The summed E-state index contributed by atoms with van der Waals surface area (Å²) in [5.41, 5.74) is 3.66. The normalized spacial score (nSPS) is 10.9. The zero-order valence-electron chi connectivity index (χ0n) is 15.8. The maximum Gasteiger partial charge on any atom is 0.368 e. The molecule has 9 heteroatoms. The quantitative estimate of drug-likeness (QED) is 0.504. The van der Waals surface area contributed by atoms with Gasteiger partial charge in [0.15, 0.2) is 0 Å². The van der Waals surface area contributed by atoms with Gasteiger partial charge in [0.1, 0.15) is 6.61 Å². The van der Waals surface area contributed by atoms with Crippen LogP contribution in [0.2, 0.25) is 5.02 Å². The summed E-state index contributed by atoms with van der Waals surface area (Å²) in [6.45, 7) is 2.11. The van der Waals surface area contributed by atoms with Gasteiger partial charge in [-0.2, -0.15) is 14.3 Å². The van der Waals surface area contributed by atoms with Gasteiger partial charge in [0, 0.05) is 29.4 Å². The highest BCUT2D eigenvalue weighted by Gasteiger charge is 2.14. The Morgan fingerprint density at radius 2 is 1.86 bits per heavy atom. The lowest BCUT2D eigenvalue weighted by atomic mass is 10.1. The minimum Gasteiger partial charge on any atom is -0.458 e. The minimum atomic E-state index is -0.335. The molecule has 0 unspecified atom stereocenters. The van der Waals surface area contributed by atoms with Crippen molar-refractivity contribution in [2.45, 2.75) is 13.5 Å². The van der Waals surface area contributed by atoms with Crippen molar-refractivity contribution in [2.75, 3.05) is 0 Å². The van der Waals surface area contributed by atoms with Crippen LogP contribution in [0.4, 0.5) is 0 Å². The summed E-state index contributed by atoms with van der Waals surface area (Å²) < 4.78 is 8.27. The molecule has 8 nitrogen and oxygen atoms in total. The summed E-state index contributed by atoms with van der Waals surface area (Å²) in [4.78, 5) is 20.9. The molecule has 29 heavy (non-hydrogen) atoms. The van der Waals surface area contributed by atoms with Gasteiger partial charge in [0.25, 0.3) is 0 Å². The van der Waals surface area contributed by atoms with Crippen molar-refractivity contribution < 1.29 is 4.74 Å². The summed E-state index contributed by atoms with van der Waals surface area (Å²) in [5.74, 6) is 0. The second-order valence-electron chi connectivity index (χ2n) is 6.39. The Bertz CT molecular complexity index is 1220. The van der Waals surface area contributed by atoms with Gasteiger partial charge in [-0.25, -0.2) is 9.78 Å². The van der Waals surface area contributed by atoms with Crippen molar-refractivity contribution >= 4 is 11.6 Å². The van der Waals surface area contributed by atoms with E-state index in [9.17, 15) is 4.79 Å². The third kappa shape index (κ3) is 3.88. The van der Waals surface area contributed by atoms with Gasteiger partial charge in [-0.3, -0.25) is 0 Å². The SMILES string of the molecule is Cc1cccc(-n2nnn(C)c2=O)c1COc1nccc(-c2ccc(Cl)cc2)n1. The van der Waals surface area contributed by atoms with Crippen LogP contribution in [0.3, 0.4) is 0 Å². The first kappa shape index (κ1) is 18.8. The molecule has 0 aliphatic carbocycles. The number of aromatic nitrogens is 6. The first-order valence-corrected chi connectivity index (χ1v) is 9.20. The molecule has 0 N–H and O–H groups in total. The lowest BCUT2D eigenvalue weighted by Crippen LogP contribution is -2.23. The van der Waals surface area contributed by atoms with Crippen molar-refractivity contribution in [2.24, 2.45) is 7.05 Å². The van der Waals surface area contributed by atoms with E-state index in [0.29, 0.717) is 10.7 Å². The van der Waals surface area contributed by atoms with Crippen LogP contribution in [0, 0.1) is 6.92 Å². The van der Waals surface area contributed by atoms with Crippen LogP contribution < -0.4 is 10.4 Å². The molecule has 0 aliphatic rings. The van der Waals surface area contributed by atoms with Crippen molar-refractivity contribution in [1.29, 1.82) is 0 Å². The van der Waals surface area contributed by atoms with E-state index in [1.807, 2.05) is 31.2 Å². The van der Waals surface area contributed by atoms with Gasteiger partial charge in [-0.1, -0.05) is 35.9 Å². The summed E-state index contributed by atoms with van der Waals surface area (Å²) in [7, 11) is 1.55. The maximum absolute atomic E-state index is 12.3. The molecular formula is C20H17ClN6O2. The second-order valence-corrected chi connectivity index (χ2v) is 6.83. The number of tetrazole rings is 1. The van der Waals surface area contributed by atoms with Crippen LogP contribution in [0.25, 0.3) is 16.9 Å². The fourth-order valence-corrected chi connectivity index (χ4v) is 2.99. The van der Waals surface area contributed by atoms with Crippen LogP contribution in [0.5, 0.6) is 6.01 Å². The second kappa shape index (κ2) is 7.84. The molecule has 0 amide bonds. The molecule has 4 rings (SSSR count). The number of benzene rings is 2. The van der Waals surface area contributed by atoms with E-state index >= 15 is 0 Å². The molecule has 4 aromatic rings. The predicted octanol–water partition coefficient (Wildman–Crippen LogP) is 2.96. The zero-order valence-corrected chi connectivity index (χ0v) is 16.5.